The highest BCUT2D eigenvalue weighted by atomic mass is 16.5. The minimum atomic E-state index is -1.57. The van der Waals surface area contributed by atoms with Crippen LogP contribution in [0.5, 0.6) is 11.5 Å². The molecule has 2 N–H and O–H groups in total. The highest BCUT2D eigenvalue weighted by Crippen LogP contribution is 2.20. The maximum Gasteiger partial charge on any atom is 0.492 e. The average Bonchev–Trinajstić information content (AvgIpc) is 2.40. The van der Waals surface area contributed by atoms with Gasteiger partial charge >= 0.3 is 7.12 Å². The lowest BCUT2D eigenvalue weighted by Crippen LogP contribution is -2.34. The Morgan fingerprint density at radius 3 is 2.61 bits per heavy atom. The van der Waals surface area contributed by atoms with Crippen LogP contribution in [0.4, 0.5) is 0 Å². The van der Waals surface area contributed by atoms with Crippen molar-refractivity contribution in [1.29, 1.82) is 0 Å². The lowest BCUT2D eigenvalue weighted by Gasteiger charge is -2.24. The van der Waals surface area contributed by atoms with Crippen molar-refractivity contribution in [2.45, 2.75) is 18.9 Å². The molecule has 98 valence electrons. The van der Waals surface area contributed by atoms with Crippen LogP contribution in [-0.2, 0) is 4.74 Å². The normalized spacial score (nSPS) is 16.4. The van der Waals surface area contributed by atoms with Gasteiger partial charge in [0, 0.05) is 18.3 Å². The van der Waals surface area contributed by atoms with Gasteiger partial charge in [0.1, 0.15) is 17.6 Å². The second-order valence-corrected chi connectivity index (χ2v) is 4.21. The zero-order chi connectivity index (χ0) is 13.0. The monoisotopic (exact) mass is 252 g/mol. The molecule has 0 aromatic heterocycles. The smallest absolute Gasteiger partial charge is 0.492 e. The Bertz CT molecular complexity index is 390. The third-order valence-electron chi connectivity index (χ3n) is 2.96. The first-order valence-electron chi connectivity index (χ1n) is 5.99. The molecule has 1 aliphatic rings. The molecule has 0 spiro atoms. The van der Waals surface area contributed by atoms with Crippen molar-refractivity contribution in [3.8, 4) is 11.5 Å². The number of benzene rings is 1. The van der Waals surface area contributed by atoms with Gasteiger partial charge in [-0.2, -0.15) is 0 Å². The fourth-order valence-electron chi connectivity index (χ4n) is 1.94. The summed E-state index contributed by atoms with van der Waals surface area (Å²) in [5.74, 6) is 1.05. The van der Waals surface area contributed by atoms with Crippen LogP contribution >= 0.6 is 0 Å². The topological polar surface area (TPSA) is 68.2 Å². The zero-order valence-electron chi connectivity index (χ0n) is 10.3. The van der Waals surface area contributed by atoms with Crippen LogP contribution in [0.2, 0.25) is 0 Å². The second-order valence-electron chi connectivity index (χ2n) is 4.21. The predicted molar refractivity (Wildman–Crippen MR) is 67.3 cm³/mol. The third-order valence-corrected chi connectivity index (χ3v) is 2.96. The first-order chi connectivity index (χ1) is 8.70. The van der Waals surface area contributed by atoms with E-state index in [1.807, 2.05) is 0 Å². The average molecular weight is 252 g/mol. The van der Waals surface area contributed by atoms with Crippen molar-refractivity contribution >= 4 is 12.6 Å². The van der Waals surface area contributed by atoms with Crippen LogP contribution < -0.4 is 14.9 Å². The second kappa shape index (κ2) is 6.09. The Morgan fingerprint density at radius 1 is 1.28 bits per heavy atom. The maximum atomic E-state index is 9.35. The van der Waals surface area contributed by atoms with E-state index in [-0.39, 0.29) is 6.10 Å². The number of methoxy groups -OCH3 is 1. The van der Waals surface area contributed by atoms with Crippen molar-refractivity contribution in [1.82, 2.24) is 0 Å². The number of ether oxygens (including phenoxy) is 3. The van der Waals surface area contributed by atoms with Gasteiger partial charge in [-0.25, -0.2) is 0 Å². The van der Waals surface area contributed by atoms with Gasteiger partial charge in [0.2, 0.25) is 0 Å². The Hall–Kier alpha value is -1.24. The van der Waals surface area contributed by atoms with E-state index in [9.17, 15) is 10.0 Å². The molecule has 5 nitrogen and oxygen atoms in total. The molecule has 1 saturated heterocycles. The number of hydrogen-bond donors (Lipinski definition) is 2. The fraction of sp³-hybridized carbons (Fsp3) is 0.500. The van der Waals surface area contributed by atoms with Gasteiger partial charge in [0.25, 0.3) is 0 Å². The molecular formula is C12H17BO5. The molecule has 1 fully saturated rings. The SMILES string of the molecule is COc1ccc(OC2CCOCC2)c(B(O)O)c1. The van der Waals surface area contributed by atoms with Gasteiger partial charge in [-0.15, -0.1) is 0 Å². The molecule has 1 heterocycles. The van der Waals surface area contributed by atoms with E-state index in [2.05, 4.69) is 0 Å². The van der Waals surface area contributed by atoms with Crippen LogP contribution in [-0.4, -0.2) is 43.6 Å². The van der Waals surface area contributed by atoms with Crippen molar-refractivity contribution < 1.29 is 24.3 Å². The molecule has 0 radical (unpaired) electrons. The molecule has 0 saturated carbocycles. The summed E-state index contributed by atoms with van der Waals surface area (Å²) < 4.78 is 16.1. The third kappa shape index (κ3) is 3.16. The van der Waals surface area contributed by atoms with E-state index in [1.165, 1.54) is 7.11 Å². The number of hydrogen-bond acceptors (Lipinski definition) is 5. The van der Waals surface area contributed by atoms with Gasteiger partial charge in [0.05, 0.1) is 20.3 Å². The molecule has 0 unspecified atom stereocenters. The van der Waals surface area contributed by atoms with E-state index in [0.717, 1.165) is 12.8 Å². The Kier molecular flexibility index (Phi) is 4.46. The van der Waals surface area contributed by atoms with Gasteiger partial charge < -0.3 is 24.3 Å². The summed E-state index contributed by atoms with van der Waals surface area (Å²) in [6.07, 6.45) is 1.68. The summed E-state index contributed by atoms with van der Waals surface area (Å²) in [6.45, 7) is 1.36. The van der Waals surface area contributed by atoms with Crippen LogP contribution in [0, 0.1) is 0 Å². The highest BCUT2D eigenvalue weighted by Gasteiger charge is 2.22. The minimum Gasteiger partial charge on any atom is -0.497 e. The van der Waals surface area contributed by atoms with Crippen molar-refractivity contribution in [2.24, 2.45) is 0 Å². The molecule has 0 aliphatic carbocycles. The summed E-state index contributed by atoms with van der Waals surface area (Å²) in [4.78, 5) is 0. The summed E-state index contributed by atoms with van der Waals surface area (Å²) >= 11 is 0. The van der Waals surface area contributed by atoms with Crippen LogP contribution in [0.1, 0.15) is 12.8 Å². The first kappa shape index (κ1) is 13.2. The van der Waals surface area contributed by atoms with Crippen LogP contribution in [0.3, 0.4) is 0 Å². The molecule has 0 amide bonds. The van der Waals surface area contributed by atoms with E-state index in [4.69, 9.17) is 14.2 Å². The zero-order valence-corrected chi connectivity index (χ0v) is 10.3. The fourth-order valence-corrected chi connectivity index (χ4v) is 1.94. The van der Waals surface area contributed by atoms with E-state index in [1.54, 1.807) is 18.2 Å². The predicted octanol–water partition coefficient (Wildman–Crippen LogP) is -0.0672. The van der Waals surface area contributed by atoms with Crippen LogP contribution in [0.25, 0.3) is 0 Å². The van der Waals surface area contributed by atoms with E-state index in [0.29, 0.717) is 30.2 Å². The quantitative estimate of drug-likeness (QED) is 0.734. The molecule has 1 aliphatic heterocycles. The molecule has 1 aromatic carbocycles. The standard InChI is InChI=1S/C12H17BO5/c1-16-10-2-3-12(11(8-10)13(14)15)18-9-4-6-17-7-5-9/h2-3,8-9,14-15H,4-7H2,1H3. The molecular weight excluding hydrogens is 235 g/mol. The van der Waals surface area contributed by atoms with Crippen molar-refractivity contribution in [3.63, 3.8) is 0 Å². The van der Waals surface area contributed by atoms with Crippen molar-refractivity contribution in [2.75, 3.05) is 20.3 Å². The molecule has 1 aromatic rings. The Balaban J connectivity index is 2.15. The van der Waals surface area contributed by atoms with Gasteiger partial charge in [0.15, 0.2) is 0 Å². The first-order valence-corrected chi connectivity index (χ1v) is 5.99. The molecule has 6 heteroatoms. The molecule has 0 atom stereocenters. The van der Waals surface area contributed by atoms with Gasteiger partial charge in [-0.05, 0) is 18.2 Å². The van der Waals surface area contributed by atoms with Gasteiger partial charge in [-0.1, -0.05) is 0 Å². The largest absolute Gasteiger partial charge is 0.497 e. The maximum absolute atomic E-state index is 9.35. The lowest BCUT2D eigenvalue weighted by atomic mass is 9.79. The minimum absolute atomic E-state index is 0.0599. The highest BCUT2D eigenvalue weighted by molar-refractivity contribution is 6.59. The van der Waals surface area contributed by atoms with Gasteiger partial charge in [-0.3, -0.25) is 0 Å². The molecule has 18 heavy (non-hydrogen) atoms. The van der Waals surface area contributed by atoms with Crippen molar-refractivity contribution in [3.05, 3.63) is 18.2 Å². The van der Waals surface area contributed by atoms with Crippen LogP contribution in [0.15, 0.2) is 18.2 Å². The summed E-state index contributed by atoms with van der Waals surface area (Å²) in [6, 6.07) is 5.00. The summed E-state index contributed by atoms with van der Waals surface area (Å²) in [7, 11) is -0.0445. The number of rotatable bonds is 4. The Labute approximate surface area is 106 Å². The Morgan fingerprint density at radius 2 is 2.00 bits per heavy atom. The van der Waals surface area contributed by atoms with E-state index >= 15 is 0 Å². The lowest BCUT2D eigenvalue weighted by molar-refractivity contribution is 0.0259. The molecule has 2 rings (SSSR count). The summed E-state index contributed by atoms with van der Waals surface area (Å²) in [5.41, 5.74) is 0.320. The molecule has 0 bridgehead atoms. The van der Waals surface area contributed by atoms with E-state index < -0.39 is 7.12 Å². The summed E-state index contributed by atoms with van der Waals surface area (Å²) in [5, 5.41) is 18.7.